The minimum absolute atomic E-state index is 0.502. The highest BCUT2D eigenvalue weighted by Crippen LogP contribution is 2.24. The van der Waals surface area contributed by atoms with Gasteiger partial charge in [-0.05, 0) is 49.7 Å². The number of aromatic nitrogens is 4. The third-order valence-corrected chi connectivity index (χ3v) is 4.94. The van der Waals surface area contributed by atoms with Crippen LogP contribution in [-0.2, 0) is 6.54 Å². The second kappa shape index (κ2) is 7.66. The Bertz CT molecular complexity index is 800. The Hall–Kier alpha value is -2.73. The van der Waals surface area contributed by atoms with E-state index in [0.717, 1.165) is 31.1 Å². The molecular formula is C20H24N6. The highest BCUT2D eigenvalue weighted by atomic mass is 15.3. The largest absolute Gasteiger partial charge is 0.351 e. The van der Waals surface area contributed by atoms with Crippen molar-refractivity contribution in [2.45, 2.75) is 25.4 Å². The zero-order valence-electron chi connectivity index (χ0n) is 15.1. The van der Waals surface area contributed by atoms with Crippen molar-refractivity contribution in [3.8, 4) is 5.69 Å². The maximum atomic E-state index is 4.29. The second-order valence-electron chi connectivity index (χ2n) is 6.90. The van der Waals surface area contributed by atoms with Gasteiger partial charge in [0.2, 0.25) is 0 Å². The number of likely N-dealkylation sites (N-methyl/N-ethyl adjacent to an activating group) is 1. The first-order valence-electron chi connectivity index (χ1n) is 9.10. The molecule has 134 valence electrons. The van der Waals surface area contributed by atoms with E-state index >= 15 is 0 Å². The minimum Gasteiger partial charge on any atom is -0.351 e. The monoisotopic (exact) mass is 348 g/mol. The van der Waals surface area contributed by atoms with Crippen LogP contribution in [0.2, 0.25) is 0 Å². The molecule has 0 spiro atoms. The van der Waals surface area contributed by atoms with Gasteiger partial charge in [0.1, 0.15) is 0 Å². The molecule has 0 saturated carbocycles. The summed E-state index contributed by atoms with van der Waals surface area (Å²) in [5.74, 6) is 0.994. The number of rotatable bonds is 6. The average Bonchev–Trinajstić information content (AvgIpc) is 3.35. The Labute approximate surface area is 154 Å². The van der Waals surface area contributed by atoms with Crippen LogP contribution in [0.5, 0.6) is 0 Å². The lowest BCUT2D eigenvalue weighted by Crippen LogP contribution is -2.39. The van der Waals surface area contributed by atoms with E-state index in [2.05, 4.69) is 62.4 Å². The number of hydrogen-bond acceptors (Lipinski definition) is 5. The van der Waals surface area contributed by atoms with Crippen molar-refractivity contribution >= 4 is 5.82 Å². The van der Waals surface area contributed by atoms with Crippen LogP contribution < -0.4 is 4.90 Å². The lowest BCUT2D eigenvalue weighted by Gasteiger charge is -2.29. The highest BCUT2D eigenvalue weighted by Gasteiger charge is 2.26. The van der Waals surface area contributed by atoms with E-state index < -0.39 is 0 Å². The molecule has 1 atom stereocenters. The summed E-state index contributed by atoms with van der Waals surface area (Å²) in [7, 11) is 2.19. The van der Waals surface area contributed by atoms with Crippen molar-refractivity contribution in [2.24, 2.45) is 0 Å². The molecule has 1 aliphatic rings. The third-order valence-electron chi connectivity index (χ3n) is 4.94. The van der Waals surface area contributed by atoms with Gasteiger partial charge in [-0.2, -0.15) is 5.10 Å². The molecular weight excluding hydrogens is 324 g/mol. The van der Waals surface area contributed by atoms with Gasteiger partial charge in [-0.25, -0.2) is 4.98 Å². The van der Waals surface area contributed by atoms with E-state index in [4.69, 9.17) is 0 Å². The van der Waals surface area contributed by atoms with Crippen LogP contribution >= 0.6 is 0 Å². The third kappa shape index (κ3) is 3.75. The molecule has 26 heavy (non-hydrogen) atoms. The van der Waals surface area contributed by atoms with Gasteiger partial charge in [-0.1, -0.05) is 12.1 Å². The smallest absolute Gasteiger partial charge is 0.151 e. The molecule has 0 amide bonds. The van der Waals surface area contributed by atoms with Crippen LogP contribution in [0.15, 0.2) is 61.3 Å². The fraction of sp³-hybridized carbons (Fsp3) is 0.350. The van der Waals surface area contributed by atoms with Crippen molar-refractivity contribution < 1.29 is 0 Å². The number of anilines is 1. The van der Waals surface area contributed by atoms with Crippen LogP contribution in [0.3, 0.4) is 0 Å². The first-order chi connectivity index (χ1) is 12.8. The minimum atomic E-state index is 0.502. The Morgan fingerprint density at radius 2 is 2.04 bits per heavy atom. The molecule has 0 aliphatic carbocycles. The average molecular weight is 348 g/mol. The van der Waals surface area contributed by atoms with Crippen LogP contribution in [0.1, 0.15) is 18.4 Å². The topological polar surface area (TPSA) is 50.1 Å². The van der Waals surface area contributed by atoms with Crippen LogP contribution in [0, 0.1) is 0 Å². The normalized spacial score (nSPS) is 17.2. The summed E-state index contributed by atoms with van der Waals surface area (Å²) in [4.78, 5) is 8.89. The van der Waals surface area contributed by atoms with Gasteiger partial charge in [-0.3, -0.25) is 0 Å². The summed E-state index contributed by atoms with van der Waals surface area (Å²) in [6.45, 7) is 3.03. The summed E-state index contributed by atoms with van der Waals surface area (Å²) >= 11 is 0. The fourth-order valence-electron chi connectivity index (χ4n) is 3.70. The fourth-order valence-corrected chi connectivity index (χ4v) is 3.70. The zero-order valence-corrected chi connectivity index (χ0v) is 15.1. The SMILES string of the molecule is CN(Cc1ccc(-n2ccnc2)cc1)C[C@@H]1CCCN1c1cccnn1. The predicted octanol–water partition coefficient (Wildman–Crippen LogP) is 2.76. The van der Waals surface area contributed by atoms with Gasteiger partial charge in [0.25, 0.3) is 0 Å². The van der Waals surface area contributed by atoms with Gasteiger partial charge in [0.15, 0.2) is 5.82 Å². The highest BCUT2D eigenvalue weighted by molar-refractivity contribution is 5.39. The molecule has 0 bridgehead atoms. The molecule has 2 aromatic heterocycles. The van der Waals surface area contributed by atoms with E-state index in [1.807, 2.05) is 23.2 Å². The molecule has 0 N–H and O–H groups in total. The molecule has 4 rings (SSSR count). The van der Waals surface area contributed by atoms with Gasteiger partial charge in [-0.15, -0.1) is 5.10 Å². The molecule has 6 heteroatoms. The van der Waals surface area contributed by atoms with Gasteiger partial charge in [0.05, 0.1) is 6.33 Å². The van der Waals surface area contributed by atoms with E-state index in [1.54, 1.807) is 12.4 Å². The lowest BCUT2D eigenvalue weighted by molar-refractivity contribution is 0.303. The first kappa shape index (κ1) is 16.7. The molecule has 1 aliphatic heterocycles. The predicted molar refractivity (Wildman–Crippen MR) is 102 cm³/mol. The van der Waals surface area contributed by atoms with Crippen LogP contribution in [-0.4, -0.2) is 50.8 Å². The molecule has 0 unspecified atom stereocenters. The standard InChI is InChI=1S/C20H24N6/c1-24(14-17-6-8-18(9-7-17)25-13-11-21-16-25)15-19-4-3-12-26(19)20-5-2-10-22-23-20/h2,5-11,13,16,19H,3-4,12,14-15H2,1H3/t19-/m0/s1. The summed E-state index contributed by atoms with van der Waals surface area (Å²) < 4.78 is 2.02. The first-order valence-corrected chi connectivity index (χ1v) is 9.10. The van der Waals surface area contributed by atoms with Gasteiger partial charge >= 0.3 is 0 Å². The summed E-state index contributed by atoms with van der Waals surface area (Å²) in [6, 6.07) is 13.2. The maximum absolute atomic E-state index is 4.29. The molecule has 0 radical (unpaired) electrons. The van der Waals surface area contributed by atoms with Crippen molar-refractivity contribution in [3.05, 3.63) is 66.9 Å². The number of benzene rings is 1. The molecule has 1 fully saturated rings. The van der Waals surface area contributed by atoms with Crippen LogP contribution in [0.25, 0.3) is 5.69 Å². The van der Waals surface area contributed by atoms with E-state index in [0.29, 0.717) is 6.04 Å². The zero-order chi connectivity index (χ0) is 17.8. The molecule has 3 aromatic rings. The van der Waals surface area contributed by atoms with Crippen molar-refractivity contribution in [3.63, 3.8) is 0 Å². The quantitative estimate of drug-likeness (QED) is 0.686. The maximum Gasteiger partial charge on any atom is 0.151 e. The summed E-state index contributed by atoms with van der Waals surface area (Å²) in [6.07, 6.45) is 9.74. The summed E-state index contributed by atoms with van der Waals surface area (Å²) in [5, 5.41) is 8.31. The van der Waals surface area contributed by atoms with Crippen molar-refractivity contribution in [1.29, 1.82) is 0 Å². The van der Waals surface area contributed by atoms with E-state index in [-0.39, 0.29) is 0 Å². The Morgan fingerprint density at radius 1 is 1.15 bits per heavy atom. The Morgan fingerprint density at radius 3 is 2.77 bits per heavy atom. The number of nitrogens with zero attached hydrogens (tertiary/aromatic N) is 6. The second-order valence-corrected chi connectivity index (χ2v) is 6.90. The molecule has 1 saturated heterocycles. The summed E-state index contributed by atoms with van der Waals surface area (Å²) in [5.41, 5.74) is 2.46. The number of hydrogen-bond donors (Lipinski definition) is 0. The molecule has 1 aromatic carbocycles. The lowest BCUT2D eigenvalue weighted by atomic mass is 10.1. The van der Waals surface area contributed by atoms with Crippen molar-refractivity contribution in [2.75, 3.05) is 25.0 Å². The molecule has 3 heterocycles. The molecule has 6 nitrogen and oxygen atoms in total. The van der Waals surface area contributed by atoms with Gasteiger partial charge < -0.3 is 14.4 Å². The van der Waals surface area contributed by atoms with Crippen LogP contribution in [0.4, 0.5) is 5.82 Å². The van der Waals surface area contributed by atoms with E-state index in [1.165, 1.54) is 18.4 Å². The Balaban J connectivity index is 1.37. The Kier molecular flexibility index (Phi) is 4.93. The van der Waals surface area contributed by atoms with E-state index in [9.17, 15) is 0 Å². The number of imidazole rings is 1. The van der Waals surface area contributed by atoms with Gasteiger partial charge in [0, 0.05) is 50.0 Å². The van der Waals surface area contributed by atoms with Crippen molar-refractivity contribution in [1.82, 2.24) is 24.6 Å².